The Kier molecular flexibility index (Phi) is 5.89. The third kappa shape index (κ3) is 4.23. The molecule has 1 aliphatic heterocycles. The summed E-state index contributed by atoms with van der Waals surface area (Å²) >= 11 is 0. The molecule has 26 heavy (non-hydrogen) atoms. The van der Waals surface area contributed by atoms with Crippen LogP contribution in [-0.2, 0) is 22.4 Å². The molecule has 5 nitrogen and oxygen atoms in total. The number of benzene rings is 2. The second-order valence-electron chi connectivity index (χ2n) is 6.37. The summed E-state index contributed by atoms with van der Waals surface area (Å²) in [5.74, 6) is 0.419. The van der Waals surface area contributed by atoms with Crippen molar-refractivity contribution in [2.24, 2.45) is 0 Å². The van der Waals surface area contributed by atoms with Crippen molar-refractivity contribution in [2.45, 2.75) is 25.7 Å². The van der Waals surface area contributed by atoms with Gasteiger partial charge < -0.3 is 15.0 Å². The molecule has 3 rings (SSSR count). The summed E-state index contributed by atoms with van der Waals surface area (Å²) in [7, 11) is 1.63. The zero-order chi connectivity index (χ0) is 18.4. The second-order valence-corrected chi connectivity index (χ2v) is 6.37. The number of nitrogens with zero attached hydrogens (tertiary/aromatic N) is 1. The number of rotatable bonds is 6. The van der Waals surface area contributed by atoms with E-state index in [1.165, 1.54) is 5.56 Å². The fourth-order valence-corrected chi connectivity index (χ4v) is 3.33. The number of nitrogens with one attached hydrogen (secondary N) is 1. The van der Waals surface area contributed by atoms with Crippen LogP contribution in [0.1, 0.15) is 24.0 Å². The first kappa shape index (κ1) is 18.0. The van der Waals surface area contributed by atoms with Gasteiger partial charge >= 0.3 is 0 Å². The highest BCUT2D eigenvalue weighted by Gasteiger charge is 2.23. The Morgan fingerprint density at radius 1 is 1.12 bits per heavy atom. The Morgan fingerprint density at radius 3 is 2.73 bits per heavy atom. The monoisotopic (exact) mass is 352 g/mol. The van der Waals surface area contributed by atoms with Crippen molar-refractivity contribution in [2.75, 3.05) is 25.1 Å². The summed E-state index contributed by atoms with van der Waals surface area (Å²) in [5, 5.41) is 2.83. The predicted octanol–water partition coefficient (Wildman–Crippen LogP) is 2.72. The van der Waals surface area contributed by atoms with E-state index in [9.17, 15) is 9.59 Å². The molecule has 5 heteroatoms. The van der Waals surface area contributed by atoms with Gasteiger partial charge in [-0.05, 0) is 42.5 Å². The highest BCUT2D eigenvalue weighted by atomic mass is 16.5. The summed E-state index contributed by atoms with van der Waals surface area (Å²) in [6.07, 6.45) is 2.44. The van der Waals surface area contributed by atoms with Gasteiger partial charge in [0.05, 0.1) is 7.11 Å². The van der Waals surface area contributed by atoms with Gasteiger partial charge in [0.25, 0.3) is 0 Å². The van der Waals surface area contributed by atoms with Crippen LogP contribution in [0.25, 0.3) is 0 Å². The third-order valence-electron chi connectivity index (χ3n) is 4.63. The number of amides is 2. The van der Waals surface area contributed by atoms with Crippen LogP contribution in [0.5, 0.6) is 5.75 Å². The number of hydrogen-bond acceptors (Lipinski definition) is 3. The van der Waals surface area contributed by atoms with E-state index in [0.29, 0.717) is 19.5 Å². The van der Waals surface area contributed by atoms with E-state index in [0.717, 1.165) is 29.8 Å². The van der Waals surface area contributed by atoms with Crippen molar-refractivity contribution in [3.05, 3.63) is 59.7 Å². The smallest absolute Gasteiger partial charge is 0.236 e. The van der Waals surface area contributed by atoms with Crippen molar-refractivity contribution in [1.82, 2.24) is 5.32 Å². The molecule has 0 saturated heterocycles. The minimum absolute atomic E-state index is 0.125. The number of hydrogen-bond donors (Lipinski definition) is 1. The van der Waals surface area contributed by atoms with Crippen LogP contribution in [-0.4, -0.2) is 32.0 Å². The molecule has 0 bridgehead atoms. The van der Waals surface area contributed by atoms with Crippen LogP contribution < -0.4 is 15.0 Å². The van der Waals surface area contributed by atoms with Crippen LogP contribution in [0.3, 0.4) is 0 Å². The Morgan fingerprint density at radius 2 is 1.88 bits per heavy atom. The SMILES string of the molecule is COc1ccccc1CCNC(=O)CC(=O)N1CCCc2ccccc21. The lowest BCUT2D eigenvalue weighted by Crippen LogP contribution is -2.39. The van der Waals surface area contributed by atoms with E-state index in [1.54, 1.807) is 12.0 Å². The molecular weight excluding hydrogens is 328 g/mol. The minimum Gasteiger partial charge on any atom is -0.496 e. The van der Waals surface area contributed by atoms with Crippen LogP contribution in [0.15, 0.2) is 48.5 Å². The Labute approximate surface area is 154 Å². The van der Waals surface area contributed by atoms with Gasteiger partial charge in [-0.15, -0.1) is 0 Å². The van der Waals surface area contributed by atoms with Gasteiger partial charge in [0.2, 0.25) is 11.8 Å². The molecule has 0 saturated carbocycles. The van der Waals surface area contributed by atoms with Crippen LogP contribution >= 0.6 is 0 Å². The molecule has 0 aromatic heterocycles. The summed E-state index contributed by atoms with van der Waals surface area (Å²) < 4.78 is 5.31. The maximum atomic E-state index is 12.5. The van der Waals surface area contributed by atoms with Crippen molar-refractivity contribution < 1.29 is 14.3 Å². The van der Waals surface area contributed by atoms with E-state index in [4.69, 9.17) is 4.74 Å². The van der Waals surface area contributed by atoms with Crippen molar-refractivity contribution in [3.8, 4) is 5.75 Å². The predicted molar refractivity (Wildman–Crippen MR) is 101 cm³/mol. The normalized spacial score (nSPS) is 13.0. The van der Waals surface area contributed by atoms with Crippen molar-refractivity contribution >= 4 is 17.5 Å². The molecular formula is C21H24N2O3. The number of methoxy groups -OCH3 is 1. The summed E-state index contributed by atoms with van der Waals surface area (Å²) in [4.78, 5) is 26.4. The summed E-state index contributed by atoms with van der Waals surface area (Å²) in [5.41, 5.74) is 3.14. The molecule has 136 valence electrons. The first-order chi connectivity index (χ1) is 12.7. The number of fused-ring (bicyclic) bond motifs is 1. The van der Waals surface area contributed by atoms with Crippen LogP contribution in [0.2, 0.25) is 0 Å². The molecule has 0 radical (unpaired) electrons. The summed E-state index contributed by atoms with van der Waals surface area (Å²) in [6.45, 7) is 1.15. The topological polar surface area (TPSA) is 58.6 Å². The Balaban J connectivity index is 1.52. The van der Waals surface area contributed by atoms with E-state index in [-0.39, 0.29) is 18.2 Å². The largest absolute Gasteiger partial charge is 0.496 e. The number of aryl methyl sites for hydroxylation is 1. The zero-order valence-electron chi connectivity index (χ0n) is 15.0. The Hall–Kier alpha value is -2.82. The lowest BCUT2D eigenvalue weighted by atomic mass is 10.0. The Bertz CT molecular complexity index is 788. The van der Waals surface area contributed by atoms with Gasteiger partial charge in [-0.2, -0.15) is 0 Å². The molecule has 0 spiro atoms. The van der Waals surface area contributed by atoms with E-state index >= 15 is 0 Å². The molecule has 0 fully saturated rings. The number of ether oxygens (including phenoxy) is 1. The first-order valence-corrected chi connectivity index (χ1v) is 8.96. The average molecular weight is 352 g/mol. The molecule has 2 aromatic rings. The number of carbonyl (C=O) groups is 2. The van der Waals surface area contributed by atoms with E-state index < -0.39 is 0 Å². The summed E-state index contributed by atoms with van der Waals surface area (Å²) in [6, 6.07) is 15.6. The molecule has 1 aliphatic rings. The van der Waals surface area contributed by atoms with E-state index in [2.05, 4.69) is 5.32 Å². The highest BCUT2D eigenvalue weighted by molar-refractivity contribution is 6.05. The van der Waals surface area contributed by atoms with Crippen LogP contribution in [0.4, 0.5) is 5.69 Å². The fraction of sp³-hybridized carbons (Fsp3) is 0.333. The third-order valence-corrected chi connectivity index (χ3v) is 4.63. The molecule has 2 amide bonds. The molecule has 0 unspecified atom stereocenters. The molecule has 0 atom stereocenters. The molecule has 1 N–H and O–H groups in total. The lowest BCUT2D eigenvalue weighted by molar-refractivity contribution is -0.127. The molecule has 2 aromatic carbocycles. The quantitative estimate of drug-likeness (QED) is 0.813. The van der Waals surface area contributed by atoms with Gasteiger partial charge in [-0.1, -0.05) is 36.4 Å². The van der Waals surface area contributed by atoms with E-state index in [1.807, 2.05) is 48.5 Å². The molecule has 1 heterocycles. The number of anilines is 1. The maximum Gasteiger partial charge on any atom is 0.236 e. The fourth-order valence-electron chi connectivity index (χ4n) is 3.33. The average Bonchev–Trinajstić information content (AvgIpc) is 2.67. The number of carbonyl (C=O) groups excluding carboxylic acids is 2. The minimum atomic E-state index is -0.243. The first-order valence-electron chi connectivity index (χ1n) is 8.96. The molecule has 0 aliphatic carbocycles. The standard InChI is InChI=1S/C21H24N2O3/c1-26-19-11-5-3-8-17(19)12-13-22-20(24)15-21(25)23-14-6-9-16-7-2-4-10-18(16)23/h2-5,7-8,10-11H,6,9,12-15H2,1H3,(H,22,24). The van der Waals surface area contributed by atoms with Crippen LogP contribution in [0, 0.1) is 0 Å². The highest BCUT2D eigenvalue weighted by Crippen LogP contribution is 2.27. The maximum absolute atomic E-state index is 12.5. The van der Waals surface area contributed by atoms with Crippen molar-refractivity contribution in [3.63, 3.8) is 0 Å². The number of para-hydroxylation sites is 2. The van der Waals surface area contributed by atoms with Gasteiger partial charge in [0.1, 0.15) is 12.2 Å². The van der Waals surface area contributed by atoms with Gasteiger partial charge in [-0.3, -0.25) is 9.59 Å². The van der Waals surface area contributed by atoms with Gasteiger partial charge in [-0.25, -0.2) is 0 Å². The zero-order valence-corrected chi connectivity index (χ0v) is 15.0. The second kappa shape index (κ2) is 8.52. The van der Waals surface area contributed by atoms with Gasteiger partial charge in [0, 0.05) is 18.8 Å². The van der Waals surface area contributed by atoms with Gasteiger partial charge in [0.15, 0.2) is 0 Å². The lowest BCUT2D eigenvalue weighted by Gasteiger charge is -2.29. The van der Waals surface area contributed by atoms with Crippen molar-refractivity contribution in [1.29, 1.82) is 0 Å².